The number of rotatable bonds is 6. The summed E-state index contributed by atoms with van der Waals surface area (Å²) in [5, 5.41) is 19.7. The summed E-state index contributed by atoms with van der Waals surface area (Å²) in [7, 11) is -0.750. The van der Waals surface area contributed by atoms with Crippen LogP contribution in [0.25, 0.3) is 98.0 Å². The van der Waals surface area contributed by atoms with Crippen LogP contribution in [-0.4, -0.2) is 0 Å². The summed E-state index contributed by atoms with van der Waals surface area (Å²) < 4.78 is 0. The van der Waals surface area contributed by atoms with Crippen LogP contribution in [0.3, 0.4) is 0 Å². The van der Waals surface area contributed by atoms with Crippen molar-refractivity contribution in [3.8, 4) is 33.4 Å². The largest absolute Gasteiger partial charge is 0.0622 e. The van der Waals surface area contributed by atoms with E-state index in [-0.39, 0.29) is 0 Å². The van der Waals surface area contributed by atoms with E-state index in [0.717, 1.165) is 0 Å². The fourth-order valence-electron chi connectivity index (χ4n) is 9.51. The SMILES string of the molecule is c1ccc(P(c2ccccc2)c2cccc(-c3cc(-c4ccc5ccc6cccc7ccc4c5c67)cc(-c4ccc5ccc6cccc7ccc4c5c67)c3)c2)cc1. The summed E-state index contributed by atoms with van der Waals surface area (Å²) in [4.78, 5) is 0. The molecule has 0 unspecified atom stereocenters. The molecule has 12 rings (SSSR count). The lowest BCUT2D eigenvalue weighted by Crippen LogP contribution is -2.20. The van der Waals surface area contributed by atoms with E-state index in [1.807, 2.05) is 0 Å². The number of hydrogen-bond acceptors (Lipinski definition) is 0. The van der Waals surface area contributed by atoms with Gasteiger partial charge in [-0.2, -0.15) is 0 Å². The van der Waals surface area contributed by atoms with Gasteiger partial charge in [-0.15, -0.1) is 0 Å². The van der Waals surface area contributed by atoms with Gasteiger partial charge in [0.05, 0.1) is 0 Å². The Labute approximate surface area is 332 Å². The van der Waals surface area contributed by atoms with E-state index in [4.69, 9.17) is 0 Å². The fourth-order valence-corrected chi connectivity index (χ4v) is 11.8. The van der Waals surface area contributed by atoms with Gasteiger partial charge in [0.15, 0.2) is 0 Å². The van der Waals surface area contributed by atoms with Crippen LogP contribution in [0.2, 0.25) is 0 Å². The molecule has 0 saturated heterocycles. The Hall–Kier alpha value is -6.85. The molecule has 0 radical (unpaired) electrons. The Morgan fingerprint density at radius 1 is 0.228 bits per heavy atom. The standard InChI is InChI=1S/C56H35P/c1-3-15-46(16-4-1)57(47-17-5-2-6-18-47)48-19-9-14-42(35-48)43-32-44(49-28-24-40-22-20-36-10-7-12-38-26-30-51(49)55(40)53(36)38)34-45(33-43)50-29-25-41-23-21-37-11-8-13-39-27-31-52(50)56(41)54(37)39/h1-35H. The van der Waals surface area contributed by atoms with Gasteiger partial charge in [0.25, 0.3) is 0 Å². The molecule has 0 bridgehead atoms. The van der Waals surface area contributed by atoms with Gasteiger partial charge in [-0.25, -0.2) is 0 Å². The third-order valence-electron chi connectivity index (χ3n) is 12.1. The molecule has 12 aromatic rings. The van der Waals surface area contributed by atoms with Crippen LogP contribution in [0.4, 0.5) is 0 Å². The molecule has 0 aliphatic carbocycles. The van der Waals surface area contributed by atoms with Crippen molar-refractivity contribution in [1.82, 2.24) is 0 Å². The lowest BCUT2D eigenvalue weighted by Gasteiger charge is -2.21. The van der Waals surface area contributed by atoms with Gasteiger partial charge in [0.1, 0.15) is 0 Å². The minimum absolute atomic E-state index is 0.750. The summed E-state index contributed by atoms with van der Waals surface area (Å²) in [6, 6.07) is 79.7. The zero-order chi connectivity index (χ0) is 37.5. The Morgan fingerprint density at radius 3 is 1.11 bits per heavy atom. The molecular weight excluding hydrogens is 704 g/mol. The molecule has 0 N–H and O–H groups in total. The monoisotopic (exact) mass is 738 g/mol. The third kappa shape index (κ3) is 5.19. The second-order valence-electron chi connectivity index (χ2n) is 15.3. The first kappa shape index (κ1) is 32.4. The van der Waals surface area contributed by atoms with E-state index in [9.17, 15) is 0 Å². The van der Waals surface area contributed by atoms with E-state index in [1.54, 1.807) is 0 Å². The van der Waals surface area contributed by atoms with Gasteiger partial charge in [0, 0.05) is 0 Å². The molecule has 0 nitrogen and oxygen atoms in total. The van der Waals surface area contributed by atoms with Gasteiger partial charge in [-0.1, -0.05) is 188 Å². The predicted octanol–water partition coefficient (Wildman–Crippen LogP) is 14.2. The molecule has 0 aromatic heterocycles. The first-order valence-corrected chi connectivity index (χ1v) is 21.1. The van der Waals surface area contributed by atoms with Gasteiger partial charge < -0.3 is 0 Å². The summed E-state index contributed by atoms with van der Waals surface area (Å²) in [5.74, 6) is 0. The normalized spacial score (nSPS) is 12.0. The quantitative estimate of drug-likeness (QED) is 0.118. The zero-order valence-electron chi connectivity index (χ0n) is 31.2. The molecule has 0 heterocycles. The van der Waals surface area contributed by atoms with E-state index in [0.29, 0.717) is 0 Å². The smallest absolute Gasteiger partial charge is 0.00206 e. The molecule has 0 atom stereocenters. The van der Waals surface area contributed by atoms with Crippen molar-refractivity contribution in [3.63, 3.8) is 0 Å². The molecule has 57 heavy (non-hydrogen) atoms. The van der Waals surface area contributed by atoms with Gasteiger partial charge >= 0.3 is 0 Å². The summed E-state index contributed by atoms with van der Waals surface area (Å²) in [5.41, 5.74) is 7.42. The van der Waals surface area contributed by atoms with Crippen LogP contribution in [0.5, 0.6) is 0 Å². The number of benzene rings is 12. The van der Waals surface area contributed by atoms with Crippen LogP contribution in [0.1, 0.15) is 0 Å². The Balaban J connectivity index is 1.12. The lowest BCUT2D eigenvalue weighted by atomic mass is 9.86. The highest BCUT2D eigenvalue weighted by Gasteiger charge is 2.19. The Morgan fingerprint density at radius 2 is 0.614 bits per heavy atom. The van der Waals surface area contributed by atoms with Crippen LogP contribution in [0.15, 0.2) is 212 Å². The van der Waals surface area contributed by atoms with Crippen molar-refractivity contribution in [1.29, 1.82) is 0 Å². The Kier molecular flexibility index (Phi) is 7.31. The molecule has 1 heteroatoms. The topological polar surface area (TPSA) is 0 Å². The molecular formula is C56H35P. The molecule has 0 amide bonds. The third-order valence-corrected chi connectivity index (χ3v) is 14.5. The Bertz CT molecular complexity index is 3220. The second kappa shape index (κ2) is 12.9. The van der Waals surface area contributed by atoms with Crippen LogP contribution in [-0.2, 0) is 0 Å². The van der Waals surface area contributed by atoms with Crippen LogP contribution in [0, 0.1) is 0 Å². The van der Waals surface area contributed by atoms with Crippen molar-refractivity contribution in [2.24, 2.45) is 0 Å². The maximum absolute atomic E-state index is 2.45. The molecule has 264 valence electrons. The van der Waals surface area contributed by atoms with Gasteiger partial charge in [0.2, 0.25) is 0 Å². The molecule has 0 aliphatic heterocycles. The van der Waals surface area contributed by atoms with E-state index < -0.39 is 7.92 Å². The van der Waals surface area contributed by atoms with Crippen LogP contribution >= 0.6 is 7.92 Å². The highest BCUT2D eigenvalue weighted by atomic mass is 31.1. The first-order valence-electron chi connectivity index (χ1n) is 19.7. The average molecular weight is 739 g/mol. The zero-order valence-corrected chi connectivity index (χ0v) is 32.0. The van der Waals surface area contributed by atoms with Crippen molar-refractivity contribution >= 4 is 88.5 Å². The van der Waals surface area contributed by atoms with E-state index in [1.165, 1.54) is 114 Å². The maximum atomic E-state index is 2.45. The van der Waals surface area contributed by atoms with Crippen LogP contribution < -0.4 is 15.9 Å². The molecule has 0 fully saturated rings. The fraction of sp³-hybridized carbons (Fsp3) is 0. The molecule has 0 saturated carbocycles. The van der Waals surface area contributed by atoms with Gasteiger partial charge in [-0.3, -0.25) is 0 Å². The second-order valence-corrected chi connectivity index (χ2v) is 17.5. The average Bonchev–Trinajstić information content (AvgIpc) is 3.28. The predicted molar refractivity (Wildman–Crippen MR) is 249 cm³/mol. The first-order chi connectivity index (χ1) is 28.2. The number of hydrogen-bond donors (Lipinski definition) is 0. The summed E-state index contributed by atoms with van der Waals surface area (Å²) in [6.45, 7) is 0. The highest BCUT2D eigenvalue weighted by Crippen LogP contribution is 2.44. The van der Waals surface area contributed by atoms with Crippen molar-refractivity contribution in [2.45, 2.75) is 0 Å². The minimum atomic E-state index is -0.750. The molecule has 12 aromatic carbocycles. The summed E-state index contributed by atoms with van der Waals surface area (Å²) in [6.07, 6.45) is 0. The lowest BCUT2D eigenvalue weighted by molar-refractivity contribution is 1.60. The summed E-state index contributed by atoms with van der Waals surface area (Å²) >= 11 is 0. The van der Waals surface area contributed by atoms with Crippen molar-refractivity contribution in [2.75, 3.05) is 0 Å². The van der Waals surface area contributed by atoms with Crippen molar-refractivity contribution in [3.05, 3.63) is 212 Å². The van der Waals surface area contributed by atoms with Gasteiger partial charge in [-0.05, 0) is 146 Å². The van der Waals surface area contributed by atoms with E-state index in [2.05, 4.69) is 212 Å². The van der Waals surface area contributed by atoms with E-state index >= 15 is 0 Å². The van der Waals surface area contributed by atoms with Crippen molar-refractivity contribution < 1.29 is 0 Å². The molecule has 0 aliphatic rings. The maximum Gasteiger partial charge on any atom is -0.00206 e. The minimum Gasteiger partial charge on any atom is -0.0622 e. The molecule has 0 spiro atoms. The highest BCUT2D eigenvalue weighted by molar-refractivity contribution is 7.79.